The van der Waals surface area contributed by atoms with Gasteiger partial charge in [0.15, 0.2) is 0 Å². The van der Waals surface area contributed by atoms with Gasteiger partial charge in [-0.15, -0.1) is 0 Å². The molecule has 5 nitrogen and oxygen atoms in total. The van der Waals surface area contributed by atoms with Crippen molar-refractivity contribution in [1.82, 2.24) is 9.55 Å². The summed E-state index contributed by atoms with van der Waals surface area (Å²) in [4.78, 5) is 17.9. The maximum absolute atomic E-state index is 12.0. The molecule has 1 aliphatic rings. The van der Waals surface area contributed by atoms with Gasteiger partial charge in [0.05, 0.1) is 12.7 Å². The standard InChI is InChI=1S/C14H16N4O/c15-12-2-3-13-11(8-12)9-14(19)18(13)6-1-5-17-7-4-16-10-17/h2-4,7-8,10H,1,5-6,9,15H2. The van der Waals surface area contributed by atoms with Crippen molar-refractivity contribution in [2.24, 2.45) is 0 Å². The van der Waals surface area contributed by atoms with Crippen molar-refractivity contribution in [2.45, 2.75) is 19.4 Å². The Morgan fingerprint density at radius 2 is 2.21 bits per heavy atom. The second-order valence-electron chi connectivity index (χ2n) is 4.76. The number of nitrogens with zero attached hydrogens (tertiary/aromatic N) is 3. The van der Waals surface area contributed by atoms with Crippen LogP contribution in [0.1, 0.15) is 12.0 Å². The molecular formula is C14H16N4O. The van der Waals surface area contributed by atoms with E-state index in [9.17, 15) is 4.79 Å². The first kappa shape index (κ1) is 11.8. The fourth-order valence-corrected chi connectivity index (χ4v) is 2.48. The summed E-state index contributed by atoms with van der Waals surface area (Å²) in [5.74, 6) is 0.159. The lowest BCUT2D eigenvalue weighted by molar-refractivity contribution is -0.117. The van der Waals surface area contributed by atoms with Gasteiger partial charge in [-0.05, 0) is 30.2 Å². The zero-order valence-electron chi connectivity index (χ0n) is 10.6. The average molecular weight is 256 g/mol. The lowest BCUT2D eigenvalue weighted by Gasteiger charge is -2.17. The number of anilines is 2. The molecule has 2 heterocycles. The fraction of sp³-hybridized carbons (Fsp3) is 0.286. The number of amides is 1. The number of carbonyl (C=O) groups is 1. The van der Waals surface area contributed by atoms with E-state index in [1.54, 1.807) is 12.5 Å². The Morgan fingerprint density at radius 1 is 1.32 bits per heavy atom. The van der Waals surface area contributed by atoms with E-state index in [1.807, 2.05) is 33.9 Å². The highest BCUT2D eigenvalue weighted by molar-refractivity contribution is 6.01. The smallest absolute Gasteiger partial charge is 0.231 e. The number of nitrogens with two attached hydrogens (primary N) is 1. The van der Waals surface area contributed by atoms with Gasteiger partial charge in [0, 0.05) is 36.9 Å². The monoisotopic (exact) mass is 256 g/mol. The van der Waals surface area contributed by atoms with Gasteiger partial charge >= 0.3 is 0 Å². The third-order valence-electron chi connectivity index (χ3n) is 3.39. The van der Waals surface area contributed by atoms with Crippen molar-refractivity contribution >= 4 is 17.3 Å². The largest absolute Gasteiger partial charge is 0.399 e. The zero-order valence-corrected chi connectivity index (χ0v) is 10.6. The van der Waals surface area contributed by atoms with E-state index in [0.29, 0.717) is 12.1 Å². The van der Waals surface area contributed by atoms with Crippen molar-refractivity contribution in [2.75, 3.05) is 17.2 Å². The maximum Gasteiger partial charge on any atom is 0.231 e. The van der Waals surface area contributed by atoms with Crippen LogP contribution in [0.25, 0.3) is 0 Å². The molecule has 0 spiro atoms. The van der Waals surface area contributed by atoms with Gasteiger partial charge in [-0.2, -0.15) is 0 Å². The lowest BCUT2D eigenvalue weighted by atomic mass is 10.1. The number of hydrogen-bond acceptors (Lipinski definition) is 3. The summed E-state index contributed by atoms with van der Waals surface area (Å²) in [6, 6.07) is 5.68. The summed E-state index contributed by atoms with van der Waals surface area (Å²) >= 11 is 0. The van der Waals surface area contributed by atoms with Gasteiger partial charge in [0.25, 0.3) is 0 Å². The molecule has 0 unspecified atom stereocenters. The number of fused-ring (bicyclic) bond motifs is 1. The average Bonchev–Trinajstić information content (AvgIpc) is 2.98. The molecule has 5 heteroatoms. The summed E-state index contributed by atoms with van der Waals surface area (Å²) in [5.41, 5.74) is 8.50. The van der Waals surface area contributed by atoms with Crippen molar-refractivity contribution in [3.8, 4) is 0 Å². The van der Waals surface area contributed by atoms with Crippen LogP contribution < -0.4 is 10.6 Å². The van der Waals surface area contributed by atoms with E-state index in [4.69, 9.17) is 5.73 Å². The Labute approximate surface area is 111 Å². The molecule has 0 atom stereocenters. The van der Waals surface area contributed by atoms with Crippen LogP contribution in [0.15, 0.2) is 36.9 Å². The minimum Gasteiger partial charge on any atom is -0.399 e. The molecule has 0 radical (unpaired) electrons. The van der Waals surface area contributed by atoms with Gasteiger partial charge in [0.2, 0.25) is 5.91 Å². The minimum atomic E-state index is 0.159. The van der Waals surface area contributed by atoms with Gasteiger partial charge < -0.3 is 15.2 Å². The Balaban J connectivity index is 1.67. The molecule has 0 aliphatic carbocycles. The van der Waals surface area contributed by atoms with Crippen LogP contribution in [0.5, 0.6) is 0 Å². The van der Waals surface area contributed by atoms with Crippen LogP contribution in [-0.2, 0) is 17.8 Å². The summed E-state index contributed by atoms with van der Waals surface area (Å²) < 4.78 is 2.02. The molecule has 0 bridgehead atoms. The second-order valence-corrected chi connectivity index (χ2v) is 4.76. The first-order chi connectivity index (χ1) is 9.24. The molecule has 0 saturated heterocycles. The summed E-state index contributed by atoms with van der Waals surface area (Å²) in [5, 5.41) is 0. The first-order valence-electron chi connectivity index (χ1n) is 6.38. The molecule has 19 heavy (non-hydrogen) atoms. The molecule has 1 aliphatic heterocycles. The maximum atomic E-state index is 12.0. The number of aromatic nitrogens is 2. The van der Waals surface area contributed by atoms with E-state index in [2.05, 4.69) is 4.98 Å². The normalized spacial score (nSPS) is 13.9. The van der Waals surface area contributed by atoms with Crippen LogP contribution in [0.2, 0.25) is 0 Å². The molecule has 0 fully saturated rings. The summed E-state index contributed by atoms with van der Waals surface area (Å²) in [6.07, 6.45) is 6.86. The second kappa shape index (κ2) is 4.76. The summed E-state index contributed by atoms with van der Waals surface area (Å²) in [7, 11) is 0. The number of imidazole rings is 1. The minimum absolute atomic E-state index is 0.159. The number of aryl methyl sites for hydroxylation is 1. The van der Waals surface area contributed by atoms with E-state index in [0.717, 1.165) is 30.8 Å². The van der Waals surface area contributed by atoms with Crippen LogP contribution in [-0.4, -0.2) is 22.0 Å². The number of benzene rings is 1. The van der Waals surface area contributed by atoms with Crippen LogP contribution in [0.3, 0.4) is 0 Å². The van der Waals surface area contributed by atoms with Crippen molar-refractivity contribution in [3.05, 3.63) is 42.5 Å². The Hall–Kier alpha value is -2.30. The van der Waals surface area contributed by atoms with E-state index in [-0.39, 0.29) is 5.91 Å². The van der Waals surface area contributed by atoms with E-state index >= 15 is 0 Å². The highest BCUT2D eigenvalue weighted by Crippen LogP contribution is 2.30. The van der Waals surface area contributed by atoms with Crippen molar-refractivity contribution in [1.29, 1.82) is 0 Å². The third-order valence-corrected chi connectivity index (χ3v) is 3.39. The van der Waals surface area contributed by atoms with Gasteiger partial charge in [-0.25, -0.2) is 4.98 Å². The zero-order chi connectivity index (χ0) is 13.2. The molecule has 2 N–H and O–H groups in total. The molecule has 1 aromatic carbocycles. The van der Waals surface area contributed by atoms with Gasteiger partial charge in [-0.3, -0.25) is 4.79 Å². The molecule has 98 valence electrons. The van der Waals surface area contributed by atoms with Gasteiger partial charge in [0.1, 0.15) is 0 Å². The summed E-state index contributed by atoms with van der Waals surface area (Å²) in [6.45, 7) is 1.60. The van der Waals surface area contributed by atoms with Crippen molar-refractivity contribution in [3.63, 3.8) is 0 Å². The first-order valence-corrected chi connectivity index (χ1v) is 6.38. The number of rotatable bonds is 4. The Kier molecular flexibility index (Phi) is 2.95. The Bertz CT molecular complexity index is 591. The fourth-order valence-electron chi connectivity index (χ4n) is 2.48. The SMILES string of the molecule is Nc1ccc2c(c1)CC(=O)N2CCCn1ccnc1. The van der Waals surface area contributed by atoms with Crippen molar-refractivity contribution < 1.29 is 4.79 Å². The Morgan fingerprint density at radius 3 is 3.00 bits per heavy atom. The highest BCUT2D eigenvalue weighted by Gasteiger charge is 2.26. The number of carbonyl (C=O) groups excluding carboxylic acids is 1. The topological polar surface area (TPSA) is 64.2 Å². The van der Waals surface area contributed by atoms with Crippen LogP contribution in [0.4, 0.5) is 11.4 Å². The highest BCUT2D eigenvalue weighted by atomic mass is 16.2. The molecule has 0 saturated carbocycles. The van der Waals surface area contributed by atoms with E-state index < -0.39 is 0 Å². The quantitative estimate of drug-likeness (QED) is 0.842. The number of hydrogen-bond donors (Lipinski definition) is 1. The van der Waals surface area contributed by atoms with Crippen LogP contribution in [0, 0.1) is 0 Å². The molecule has 1 aromatic heterocycles. The number of nitrogen functional groups attached to an aromatic ring is 1. The van der Waals surface area contributed by atoms with Crippen LogP contribution >= 0.6 is 0 Å². The molecule has 1 amide bonds. The molecule has 3 rings (SSSR count). The third kappa shape index (κ3) is 2.31. The molecular weight excluding hydrogens is 240 g/mol. The predicted molar refractivity (Wildman–Crippen MR) is 73.8 cm³/mol. The van der Waals surface area contributed by atoms with Gasteiger partial charge in [-0.1, -0.05) is 0 Å². The lowest BCUT2D eigenvalue weighted by Crippen LogP contribution is -2.28. The molecule has 2 aromatic rings. The van der Waals surface area contributed by atoms with E-state index in [1.165, 1.54) is 0 Å². The predicted octanol–water partition coefficient (Wildman–Crippen LogP) is 1.44.